The number of carbonyl (C=O) groups is 2. The lowest BCUT2D eigenvalue weighted by Gasteiger charge is -2.33. The number of para-hydroxylation sites is 1. The van der Waals surface area contributed by atoms with Crippen LogP contribution in [-0.4, -0.2) is 125 Å². The van der Waals surface area contributed by atoms with E-state index in [1.54, 1.807) is 49.4 Å². The van der Waals surface area contributed by atoms with Crippen LogP contribution in [0.4, 0.5) is 4.79 Å². The number of aliphatic hydroxyl groups is 1. The van der Waals surface area contributed by atoms with Gasteiger partial charge in [0, 0.05) is 26.2 Å². The first-order chi connectivity index (χ1) is 27.2. The van der Waals surface area contributed by atoms with Crippen molar-refractivity contribution in [1.29, 1.82) is 0 Å². The molecule has 16 nitrogen and oxygen atoms in total. The van der Waals surface area contributed by atoms with Gasteiger partial charge in [-0.2, -0.15) is 4.31 Å². The maximum atomic E-state index is 14.2. The quantitative estimate of drug-likeness (QED) is 0.105. The zero-order valence-electron chi connectivity index (χ0n) is 33.2. The van der Waals surface area contributed by atoms with Gasteiger partial charge in [-0.25, -0.2) is 22.6 Å². The topological polar surface area (TPSA) is 189 Å². The third-order valence-corrected chi connectivity index (χ3v) is 13.6. The second-order valence-electron chi connectivity index (χ2n) is 14.7. The third-order valence-electron chi connectivity index (χ3n) is 9.84. The van der Waals surface area contributed by atoms with Gasteiger partial charge in [-0.05, 0) is 75.4 Å². The molecule has 1 unspecified atom stereocenters. The van der Waals surface area contributed by atoms with Gasteiger partial charge in [0.05, 0.1) is 49.9 Å². The fraction of sp³-hybridized carbons (Fsp3) is 0.590. The molecule has 0 aromatic heterocycles. The molecule has 2 aromatic carbocycles. The fourth-order valence-electron chi connectivity index (χ4n) is 6.93. The van der Waals surface area contributed by atoms with E-state index in [9.17, 15) is 27.7 Å². The second kappa shape index (κ2) is 20.4. The van der Waals surface area contributed by atoms with Crippen LogP contribution in [0.25, 0.3) is 0 Å². The molecule has 57 heavy (non-hydrogen) atoms. The van der Waals surface area contributed by atoms with Crippen LogP contribution in [0.15, 0.2) is 71.1 Å². The molecule has 3 aliphatic heterocycles. The summed E-state index contributed by atoms with van der Waals surface area (Å²) in [6.07, 6.45) is -1.13. The summed E-state index contributed by atoms with van der Waals surface area (Å²) in [5.74, 6) is -0.0240. The van der Waals surface area contributed by atoms with Gasteiger partial charge in [-0.15, -0.1) is 0 Å². The zero-order chi connectivity index (χ0) is 41.2. The van der Waals surface area contributed by atoms with Crippen LogP contribution in [0, 0.1) is 11.8 Å². The number of amides is 1. The van der Waals surface area contributed by atoms with E-state index in [2.05, 4.69) is 5.32 Å². The highest BCUT2D eigenvalue weighted by molar-refractivity contribution is 7.89. The summed E-state index contributed by atoms with van der Waals surface area (Å²) in [7, 11) is -6.50. The number of nitrogens with one attached hydrogen (secondary N) is 1. The zero-order valence-corrected chi connectivity index (χ0v) is 34.9. The minimum absolute atomic E-state index is 0.0406. The van der Waals surface area contributed by atoms with Crippen LogP contribution in [-0.2, 0) is 42.9 Å². The lowest BCUT2D eigenvalue weighted by Crippen LogP contribution is -2.51. The molecule has 0 aliphatic carbocycles. The number of esters is 1. The molecule has 0 bridgehead atoms. The molecule has 3 heterocycles. The lowest BCUT2D eigenvalue weighted by molar-refractivity contribution is -0.150. The van der Waals surface area contributed by atoms with Crippen LogP contribution in [0.3, 0.4) is 0 Å². The highest BCUT2D eigenvalue weighted by atomic mass is 32.2. The number of aliphatic hydroxyl groups excluding tert-OH is 1. The van der Waals surface area contributed by atoms with Crippen molar-refractivity contribution in [3.05, 3.63) is 66.2 Å². The summed E-state index contributed by atoms with van der Waals surface area (Å²) in [5, 5.41) is 14.6. The SMILES string of the molecule is CCOC(=O)[C@@H](C)OP(=O)(CN1CC=C(C[C@H](NC(=O)O[C@H]2CO[C@H]3OCC[C@H]32)[C@H](O)CN(CC(C)C)S(=O)(=O)c2ccc(OC)cc2)CC1)Oc1ccccc1. The van der Waals surface area contributed by atoms with Crippen LogP contribution in [0.5, 0.6) is 11.5 Å². The highest BCUT2D eigenvalue weighted by Gasteiger charge is 2.44. The number of fused-ring (bicyclic) bond motifs is 1. The smallest absolute Gasteiger partial charge is 0.407 e. The van der Waals surface area contributed by atoms with Crippen molar-refractivity contribution in [3.63, 3.8) is 0 Å². The molecule has 0 saturated carbocycles. The number of benzene rings is 2. The molecule has 316 valence electrons. The van der Waals surface area contributed by atoms with E-state index in [-0.39, 0.29) is 55.7 Å². The first-order valence-electron chi connectivity index (χ1n) is 19.3. The third kappa shape index (κ3) is 12.5. The normalized spacial score (nSPS) is 22.5. The Balaban J connectivity index is 1.32. The number of sulfonamides is 1. The first kappa shape index (κ1) is 44.6. The lowest BCUT2D eigenvalue weighted by atomic mass is 9.96. The predicted molar refractivity (Wildman–Crippen MR) is 209 cm³/mol. The molecule has 3 aliphatic rings. The van der Waals surface area contributed by atoms with Crippen molar-refractivity contribution in [1.82, 2.24) is 14.5 Å². The van der Waals surface area contributed by atoms with Crippen molar-refractivity contribution < 1.29 is 60.4 Å². The summed E-state index contributed by atoms with van der Waals surface area (Å²) in [4.78, 5) is 27.7. The highest BCUT2D eigenvalue weighted by Crippen LogP contribution is 2.50. The number of ether oxygens (including phenoxy) is 5. The molecule has 2 N–H and O–H groups in total. The van der Waals surface area contributed by atoms with E-state index < -0.39 is 60.3 Å². The number of alkyl carbamates (subject to hydrolysis) is 1. The minimum Gasteiger partial charge on any atom is -0.497 e. The van der Waals surface area contributed by atoms with Gasteiger partial charge in [0.25, 0.3) is 0 Å². The van der Waals surface area contributed by atoms with E-state index in [1.807, 2.05) is 24.8 Å². The number of carbonyl (C=O) groups excluding carboxylic acids is 2. The van der Waals surface area contributed by atoms with Crippen molar-refractivity contribution >= 4 is 29.7 Å². The standard InChI is InChI=1S/C39H56N3O13PS/c1-6-50-37(44)28(4)54-56(46,55-31-10-8-7-9-11-31)26-41-19-16-29(17-20-41)22-34(40-39(45)53-36-25-52-38-33(36)18-21-51-38)35(43)24-42(23-27(2)3)57(47,48)32-14-12-30(49-5)13-15-32/h7-16,27-28,33-36,38,43H,6,17-26H2,1-5H3,(H,40,45)/t28-,33+,34+,35-,36+,38-,56?/m1/s1. The number of hydrogen-bond acceptors (Lipinski definition) is 14. The van der Waals surface area contributed by atoms with Gasteiger partial charge in [0.15, 0.2) is 12.4 Å². The van der Waals surface area contributed by atoms with Gasteiger partial charge in [-0.3, -0.25) is 9.42 Å². The maximum absolute atomic E-state index is 14.2. The van der Waals surface area contributed by atoms with Crippen molar-refractivity contribution in [2.45, 2.75) is 82.5 Å². The number of methoxy groups -OCH3 is 1. The van der Waals surface area contributed by atoms with Crippen molar-refractivity contribution in [3.8, 4) is 11.5 Å². The second-order valence-corrected chi connectivity index (χ2v) is 18.6. The Labute approximate surface area is 335 Å². The average Bonchev–Trinajstić information content (AvgIpc) is 3.80. The summed E-state index contributed by atoms with van der Waals surface area (Å²) in [5.41, 5.74) is 0.872. The van der Waals surface area contributed by atoms with Gasteiger partial charge < -0.3 is 38.6 Å². The number of nitrogens with zero attached hydrogens (tertiary/aromatic N) is 2. The largest absolute Gasteiger partial charge is 0.497 e. The molecular weight excluding hydrogens is 781 g/mol. The van der Waals surface area contributed by atoms with E-state index >= 15 is 0 Å². The Morgan fingerprint density at radius 1 is 1.05 bits per heavy atom. The molecule has 1 amide bonds. The number of rotatable bonds is 20. The van der Waals surface area contributed by atoms with E-state index in [4.69, 9.17) is 32.7 Å². The molecule has 0 spiro atoms. The predicted octanol–water partition coefficient (Wildman–Crippen LogP) is 4.78. The van der Waals surface area contributed by atoms with E-state index in [0.717, 1.165) is 5.57 Å². The number of hydrogen-bond donors (Lipinski definition) is 2. The Morgan fingerprint density at radius 3 is 2.44 bits per heavy atom. The van der Waals surface area contributed by atoms with E-state index in [1.165, 1.54) is 30.5 Å². The minimum atomic E-state index is -4.06. The molecule has 2 aromatic rings. The van der Waals surface area contributed by atoms with Crippen LogP contribution >= 0.6 is 7.60 Å². The molecule has 0 radical (unpaired) electrons. The molecule has 5 rings (SSSR count). The molecular formula is C39H56N3O13PS. The Bertz CT molecular complexity index is 1810. The summed E-state index contributed by atoms with van der Waals surface area (Å²) in [6.45, 7) is 8.24. The summed E-state index contributed by atoms with van der Waals surface area (Å²) >= 11 is 0. The van der Waals surface area contributed by atoms with Gasteiger partial charge in [-0.1, -0.05) is 43.7 Å². The molecule has 18 heteroatoms. The molecule has 2 saturated heterocycles. The average molecular weight is 838 g/mol. The van der Waals surface area contributed by atoms with Crippen molar-refractivity contribution in [2.75, 3.05) is 59.4 Å². The Morgan fingerprint density at radius 2 is 1.79 bits per heavy atom. The van der Waals surface area contributed by atoms with Gasteiger partial charge in [0.2, 0.25) is 10.0 Å². The summed E-state index contributed by atoms with van der Waals surface area (Å²) in [6, 6.07) is 13.6. The van der Waals surface area contributed by atoms with E-state index in [0.29, 0.717) is 44.0 Å². The Kier molecular flexibility index (Phi) is 16.0. The first-order valence-corrected chi connectivity index (χ1v) is 22.5. The Hall–Kier alpha value is -3.54. The van der Waals surface area contributed by atoms with Crippen LogP contribution in [0.1, 0.15) is 47.0 Å². The molecule has 7 atom stereocenters. The monoisotopic (exact) mass is 837 g/mol. The van der Waals surface area contributed by atoms with Gasteiger partial charge >= 0.3 is 19.7 Å². The van der Waals surface area contributed by atoms with Gasteiger partial charge in [0.1, 0.15) is 23.9 Å². The maximum Gasteiger partial charge on any atom is 0.407 e. The fourth-order valence-corrected chi connectivity index (χ4v) is 10.5. The molecule has 2 fully saturated rings. The van der Waals surface area contributed by atoms with Crippen molar-refractivity contribution in [2.24, 2.45) is 11.8 Å². The van der Waals surface area contributed by atoms with Crippen LogP contribution < -0.4 is 14.6 Å². The van der Waals surface area contributed by atoms with Crippen LogP contribution in [0.2, 0.25) is 0 Å². The summed E-state index contributed by atoms with van der Waals surface area (Å²) < 4.78 is 82.1.